The summed E-state index contributed by atoms with van der Waals surface area (Å²) in [6, 6.07) is 12.2. The summed E-state index contributed by atoms with van der Waals surface area (Å²) in [4.78, 5) is 2.62. The molecule has 1 saturated carbocycles. The first-order valence-corrected chi connectivity index (χ1v) is 8.51. The van der Waals surface area contributed by atoms with Crippen LogP contribution < -0.4 is 5.32 Å². The van der Waals surface area contributed by atoms with Crippen LogP contribution in [0.5, 0.6) is 0 Å². The van der Waals surface area contributed by atoms with E-state index in [9.17, 15) is 0 Å². The lowest BCUT2D eigenvalue weighted by Crippen LogP contribution is -2.42. The van der Waals surface area contributed by atoms with Crippen LogP contribution in [0.2, 0.25) is 0 Å². The minimum atomic E-state index is 0.484. The Morgan fingerprint density at radius 1 is 1.19 bits per heavy atom. The summed E-state index contributed by atoms with van der Waals surface area (Å²) < 4.78 is 0. The first kappa shape index (κ1) is 16.5. The molecule has 2 rings (SSSR count). The Labute approximate surface area is 130 Å². The lowest BCUT2D eigenvalue weighted by atomic mass is 9.75. The summed E-state index contributed by atoms with van der Waals surface area (Å²) >= 11 is 0. The number of rotatable bonds is 6. The van der Waals surface area contributed by atoms with Crippen LogP contribution in [0.1, 0.15) is 58.1 Å². The maximum Gasteiger partial charge on any atom is 0.0472 e. The van der Waals surface area contributed by atoms with Crippen LogP contribution >= 0.6 is 0 Å². The Morgan fingerprint density at radius 3 is 2.38 bits per heavy atom. The lowest BCUT2D eigenvalue weighted by molar-refractivity contribution is 0.0935. The highest BCUT2D eigenvalue weighted by atomic mass is 15.2. The van der Waals surface area contributed by atoms with Crippen molar-refractivity contribution in [3.63, 3.8) is 0 Å². The van der Waals surface area contributed by atoms with Crippen molar-refractivity contribution >= 4 is 0 Å². The molecule has 2 heteroatoms. The molecule has 0 radical (unpaired) electrons. The van der Waals surface area contributed by atoms with E-state index in [-0.39, 0.29) is 0 Å². The molecule has 0 aromatic heterocycles. The van der Waals surface area contributed by atoms with Crippen LogP contribution in [-0.2, 0) is 0 Å². The molecule has 1 aliphatic carbocycles. The van der Waals surface area contributed by atoms with E-state index in [4.69, 9.17) is 0 Å². The second-order valence-electron chi connectivity index (χ2n) is 7.30. The van der Waals surface area contributed by atoms with Crippen molar-refractivity contribution in [1.82, 2.24) is 10.2 Å². The van der Waals surface area contributed by atoms with Gasteiger partial charge in [-0.15, -0.1) is 0 Å². The molecule has 1 N–H and O–H groups in total. The average Bonchev–Trinajstić information content (AvgIpc) is 2.48. The van der Waals surface area contributed by atoms with Crippen molar-refractivity contribution in [1.29, 1.82) is 0 Å². The van der Waals surface area contributed by atoms with Crippen molar-refractivity contribution in [3.8, 4) is 0 Å². The number of hydrogen-bond donors (Lipinski definition) is 1. The van der Waals surface area contributed by atoms with Crippen LogP contribution in [0.25, 0.3) is 0 Å². The Kier molecular flexibility index (Phi) is 5.83. The van der Waals surface area contributed by atoms with E-state index in [1.54, 1.807) is 0 Å². The third-order valence-corrected chi connectivity index (χ3v) is 5.15. The van der Waals surface area contributed by atoms with E-state index in [2.05, 4.69) is 68.4 Å². The second kappa shape index (κ2) is 7.42. The summed E-state index contributed by atoms with van der Waals surface area (Å²) in [5.74, 6) is 0. The molecule has 1 aromatic rings. The smallest absolute Gasteiger partial charge is 0.0472 e. The highest BCUT2D eigenvalue weighted by Crippen LogP contribution is 2.38. The Morgan fingerprint density at radius 2 is 1.81 bits per heavy atom. The van der Waals surface area contributed by atoms with E-state index >= 15 is 0 Å². The predicted octanol–water partition coefficient (Wildman–Crippen LogP) is 4.24. The van der Waals surface area contributed by atoms with E-state index in [0.29, 0.717) is 11.5 Å². The summed E-state index contributed by atoms with van der Waals surface area (Å²) in [7, 11) is 2.32. The van der Waals surface area contributed by atoms with E-state index < -0.39 is 0 Å². The molecule has 118 valence electrons. The minimum Gasteiger partial charge on any atom is -0.315 e. The Hall–Kier alpha value is -0.860. The van der Waals surface area contributed by atoms with E-state index in [1.165, 1.54) is 31.2 Å². The molecule has 0 amide bonds. The van der Waals surface area contributed by atoms with Gasteiger partial charge in [0.1, 0.15) is 0 Å². The van der Waals surface area contributed by atoms with Gasteiger partial charge in [0.25, 0.3) is 0 Å². The molecular formula is C19H32N2. The van der Waals surface area contributed by atoms with Gasteiger partial charge in [0.2, 0.25) is 0 Å². The van der Waals surface area contributed by atoms with Crippen molar-refractivity contribution < 1.29 is 0 Å². The first-order chi connectivity index (χ1) is 10.0. The highest BCUT2D eigenvalue weighted by Gasteiger charge is 2.31. The average molecular weight is 288 g/mol. The van der Waals surface area contributed by atoms with Gasteiger partial charge in [-0.1, -0.05) is 51.1 Å². The predicted molar refractivity (Wildman–Crippen MR) is 91.5 cm³/mol. The van der Waals surface area contributed by atoms with Crippen LogP contribution in [-0.4, -0.2) is 31.1 Å². The van der Waals surface area contributed by atoms with Crippen LogP contribution in [0.15, 0.2) is 30.3 Å². The summed E-state index contributed by atoms with van der Waals surface area (Å²) in [5.41, 5.74) is 1.98. The van der Waals surface area contributed by atoms with E-state index in [0.717, 1.165) is 19.1 Å². The summed E-state index contributed by atoms with van der Waals surface area (Å²) in [5, 5.41) is 3.54. The topological polar surface area (TPSA) is 15.3 Å². The number of hydrogen-bond acceptors (Lipinski definition) is 2. The standard InChI is InChI=1S/C19H32N2/c1-5-20-15-18(16-9-7-6-8-10-16)21(4)17-11-13-19(2,3)14-12-17/h6-10,17-18,20H,5,11-15H2,1-4H3. The van der Waals surface area contributed by atoms with Crippen LogP contribution in [0, 0.1) is 5.41 Å². The van der Waals surface area contributed by atoms with Gasteiger partial charge < -0.3 is 5.32 Å². The first-order valence-electron chi connectivity index (χ1n) is 8.51. The molecule has 1 unspecified atom stereocenters. The van der Waals surface area contributed by atoms with Crippen LogP contribution in [0.4, 0.5) is 0 Å². The highest BCUT2D eigenvalue weighted by molar-refractivity contribution is 5.19. The monoisotopic (exact) mass is 288 g/mol. The van der Waals surface area contributed by atoms with Crippen LogP contribution in [0.3, 0.4) is 0 Å². The number of nitrogens with one attached hydrogen (secondary N) is 1. The third kappa shape index (κ3) is 4.55. The number of likely N-dealkylation sites (N-methyl/N-ethyl adjacent to an activating group) is 2. The molecule has 21 heavy (non-hydrogen) atoms. The maximum absolute atomic E-state index is 3.54. The molecule has 2 nitrogen and oxygen atoms in total. The zero-order valence-corrected chi connectivity index (χ0v) is 14.2. The van der Waals surface area contributed by atoms with Gasteiger partial charge >= 0.3 is 0 Å². The van der Waals surface area contributed by atoms with Crippen molar-refractivity contribution in [2.24, 2.45) is 5.41 Å². The van der Waals surface area contributed by atoms with Gasteiger partial charge in [-0.05, 0) is 50.3 Å². The minimum absolute atomic E-state index is 0.484. The SMILES string of the molecule is CCNCC(c1ccccc1)N(C)C1CCC(C)(C)CC1. The zero-order valence-electron chi connectivity index (χ0n) is 14.2. The quantitative estimate of drug-likeness (QED) is 0.842. The normalized spacial score (nSPS) is 20.6. The van der Waals surface area contributed by atoms with Gasteiger partial charge in [-0.25, -0.2) is 0 Å². The van der Waals surface area contributed by atoms with Gasteiger partial charge in [0, 0.05) is 18.6 Å². The van der Waals surface area contributed by atoms with Gasteiger partial charge in [-0.3, -0.25) is 4.90 Å². The molecule has 1 aromatic carbocycles. The molecule has 0 bridgehead atoms. The maximum atomic E-state index is 3.54. The number of benzene rings is 1. The molecule has 1 atom stereocenters. The Bertz CT molecular complexity index is 403. The molecule has 1 fully saturated rings. The summed E-state index contributed by atoms with van der Waals surface area (Å²) in [6.45, 7) is 9.09. The number of nitrogens with zero attached hydrogens (tertiary/aromatic N) is 1. The third-order valence-electron chi connectivity index (χ3n) is 5.15. The van der Waals surface area contributed by atoms with Crippen molar-refractivity contribution in [2.45, 2.75) is 58.5 Å². The van der Waals surface area contributed by atoms with Gasteiger partial charge in [0.15, 0.2) is 0 Å². The zero-order chi connectivity index (χ0) is 15.3. The van der Waals surface area contributed by atoms with Gasteiger partial charge in [-0.2, -0.15) is 0 Å². The van der Waals surface area contributed by atoms with Gasteiger partial charge in [0.05, 0.1) is 0 Å². The largest absolute Gasteiger partial charge is 0.315 e. The fourth-order valence-electron chi connectivity index (χ4n) is 3.50. The lowest BCUT2D eigenvalue weighted by Gasteiger charge is -2.42. The molecular weight excluding hydrogens is 256 g/mol. The molecule has 0 spiro atoms. The molecule has 0 heterocycles. The molecule has 1 aliphatic rings. The molecule has 0 saturated heterocycles. The fourth-order valence-corrected chi connectivity index (χ4v) is 3.50. The van der Waals surface area contributed by atoms with Crippen molar-refractivity contribution in [2.75, 3.05) is 20.1 Å². The van der Waals surface area contributed by atoms with Crippen molar-refractivity contribution in [3.05, 3.63) is 35.9 Å². The Balaban J connectivity index is 2.06. The molecule has 0 aliphatic heterocycles. The fraction of sp³-hybridized carbons (Fsp3) is 0.684. The van der Waals surface area contributed by atoms with E-state index in [1.807, 2.05) is 0 Å². The second-order valence-corrected chi connectivity index (χ2v) is 7.30. The summed E-state index contributed by atoms with van der Waals surface area (Å²) in [6.07, 6.45) is 5.37.